The van der Waals surface area contributed by atoms with Crippen LogP contribution in [0.5, 0.6) is 0 Å². The van der Waals surface area contributed by atoms with Crippen LogP contribution in [0.2, 0.25) is 0 Å². The number of nitrogens with zero attached hydrogens (tertiary/aromatic N) is 1. The third-order valence-corrected chi connectivity index (χ3v) is 4.26. The molecule has 0 aliphatic carbocycles. The van der Waals surface area contributed by atoms with E-state index in [1.54, 1.807) is 0 Å². The van der Waals surface area contributed by atoms with Crippen molar-refractivity contribution in [3.8, 4) is 0 Å². The molecule has 1 unspecified atom stereocenters. The Bertz CT molecular complexity index is 203. The highest BCUT2D eigenvalue weighted by Crippen LogP contribution is 2.15. The van der Waals surface area contributed by atoms with Crippen LogP contribution in [0.1, 0.15) is 72.1 Å². The van der Waals surface area contributed by atoms with E-state index in [2.05, 4.69) is 31.0 Å². The third-order valence-electron chi connectivity index (χ3n) is 4.26. The van der Waals surface area contributed by atoms with Crippen LogP contribution in [0, 0.1) is 5.92 Å². The molecule has 0 radical (unpaired) electrons. The molecular formula is C17H36N2. The summed E-state index contributed by atoms with van der Waals surface area (Å²) in [7, 11) is 0. The zero-order chi connectivity index (χ0) is 13.9. The average Bonchev–Trinajstić information content (AvgIpc) is 2.39. The highest BCUT2D eigenvalue weighted by Gasteiger charge is 2.21. The SMILES string of the molecule is CCCCCCCCCN1CCNCC1CC(C)C. The Labute approximate surface area is 121 Å². The van der Waals surface area contributed by atoms with E-state index in [4.69, 9.17) is 0 Å². The van der Waals surface area contributed by atoms with Gasteiger partial charge in [0.1, 0.15) is 0 Å². The van der Waals surface area contributed by atoms with Crippen molar-refractivity contribution in [1.82, 2.24) is 10.2 Å². The van der Waals surface area contributed by atoms with Gasteiger partial charge in [-0.05, 0) is 25.3 Å². The van der Waals surface area contributed by atoms with Crippen LogP contribution < -0.4 is 5.32 Å². The van der Waals surface area contributed by atoms with Gasteiger partial charge in [0.05, 0.1) is 0 Å². The van der Waals surface area contributed by atoms with E-state index >= 15 is 0 Å². The monoisotopic (exact) mass is 268 g/mol. The number of rotatable bonds is 10. The van der Waals surface area contributed by atoms with Gasteiger partial charge in [-0.1, -0.05) is 59.3 Å². The van der Waals surface area contributed by atoms with E-state index in [1.807, 2.05) is 0 Å². The minimum atomic E-state index is 0.786. The second-order valence-electron chi connectivity index (χ2n) is 6.64. The molecule has 2 heteroatoms. The van der Waals surface area contributed by atoms with Gasteiger partial charge in [-0.3, -0.25) is 4.90 Å². The first-order valence-electron chi connectivity index (χ1n) is 8.68. The van der Waals surface area contributed by atoms with Crippen LogP contribution in [-0.4, -0.2) is 37.1 Å². The summed E-state index contributed by atoms with van der Waals surface area (Å²) in [6, 6.07) is 0.786. The molecule has 1 fully saturated rings. The van der Waals surface area contributed by atoms with Crippen LogP contribution in [0.4, 0.5) is 0 Å². The van der Waals surface area contributed by atoms with Crippen LogP contribution in [0.25, 0.3) is 0 Å². The molecule has 0 bridgehead atoms. The fourth-order valence-corrected chi connectivity index (χ4v) is 3.15. The molecule has 1 aliphatic rings. The maximum atomic E-state index is 3.55. The van der Waals surface area contributed by atoms with Crippen LogP contribution in [-0.2, 0) is 0 Å². The van der Waals surface area contributed by atoms with Crippen LogP contribution >= 0.6 is 0 Å². The first-order valence-corrected chi connectivity index (χ1v) is 8.68. The fraction of sp³-hybridized carbons (Fsp3) is 1.00. The lowest BCUT2D eigenvalue weighted by Crippen LogP contribution is -2.51. The molecule has 2 nitrogen and oxygen atoms in total. The van der Waals surface area contributed by atoms with Gasteiger partial charge in [0.2, 0.25) is 0 Å². The molecule has 1 saturated heterocycles. The standard InChI is InChI=1S/C17H36N2/c1-4-5-6-7-8-9-10-12-19-13-11-18-15-17(19)14-16(2)3/h16-18H,4-15H2,1-3H3. The summed E-state index contributed by atoms with van der Waals surface area (Å²) < 4.78 is 0. The van der Waals surface area contributed by atoms with E-state index in [-0.39, 0.29) is 0 Å². The van der Waals surface area contributed by atoms with Crippen LogP contribution in [0.15, 0.2) is 0 Å². The van der Waals surface area contributed by atoms with E-state index in [0.717, 1.165) is 12.0 Å². The second-order valence-corrected chi connectivity index (χ2v) is 6.64. The molecule has 1 heterocycles. The Morgan fingerprint density at radius 2 is 1.74 bits per heavy atom. The lowest BCUT2D eigenvalue weighted by Gasteiger charge is -2.37. The predicted octanol–water partition coefficient (Wildman–Crippen LogP) is 4.06. The van der Waals surface area contributed by atoms with Crippen molar-refractivity contribution in [2.45, 2.75) is 78.2 Å². The van der Waals surface area contributed by atoms with Crippen molar-refractivity contribution in [1.29, 1.82) is 0 Å². The van der Waals surface area contributed by atoms with Crippen molar-refractivity contribution in [3.63, 3.8) is 0 Å². The summed E-state index contributed by atoms with van der Waals surface area (Å²) in [6.07, 6.45) is 11.3. The molecule has 0 aromatic rings. The molecule has 0 aromatic carbocycles. The van der Waals surface area contributed by atoms with Crippen molar-refractivity contribution in [2.75, 3.05) is 26.2 Å². The molecule has 0 saturated carbocycles. The molecule has 0 amide bonds. The summed E-state index contributed by atoms with van der Waals surface area (Å²) in [6.45, 7) is 12.0. The van der Waals surface area contributed by atoms with Gasteiger partial charge >= 0.3 is 0 Å². The van der Waals surface area contributed by atoms with Crippen molar-refractivity contribution < 1.29 is 0 Å². The lowest BCUT2D eigenvalue weighted by molar-refractivity contribution is 0.139. The Morgan fingerprint density at radius 1 is 1.05 bits per heavy atom. The van der Waals surface area contributed by atoms with Gasteiger partial charge in [0.25, 0.3) is 0 Å². The summed E-state index contributed by atoms with van der Waals surface area (Å²) in [5.41, 5.74) is 0. The number of hydrogen-bond acceptors (Lipinski definition) is 2. The summed E-state index contributed by atoms with van der Waals surface area (Å²) in [5.74, 6) is 0.821. The van der Waals surface area contributed by atoms with Gasteiger partial charge in [-0.25, -0.2) is 0 Å². The Kier molecular flexibility index (Phi) is 9.54. The quantitative estimate of drug-likeness (QED) is 0.601. The number of hydrogen-bond donors (Lipinski definition) is 1. The highest BCUT2D eigenvalue weighted by molar-refractivity contribution is 4.80. The van der Waals surface area contributed by atoms with Gasteiger partial charge in [-0.15, -0.1) is 0 Å². The maximum absolute atomic E-state index is 3.55. The molecular weight excluding hydrogens is 232 g/mol. The molecule has 1 aliphatic heterocycles. The van der Waals surface area contributed by atoms with Gasteiger partial charge < -0.3 is 5.32 Å². The van der Waals surface area contributed by atoms with Crippen molar-refractivity contribution in [2.24, 2.45) is 5.92 Å². The number of piperazine rings is 1. The van der Waals surface area contributed by atoms with Crippen molar-refractivity contribution >= 4 is 0 Å². The minimum absolute atomic E-state index is 0.786. The first kappa shape index (κ1) is 17.0. The van der Waals surface area contributed by atoms with Crippen molar-refractivity contribution in [3.05, 3.63) is 0 Å². The summed E-state index contributed by atoms with van der Waals surface area (Å²) >= 11 is 0. The van der Waals surface area contributed by atoms with Gasteiger partial charge in [0.15, 0.2) is 0 Å². The molecule has 1 N–H and O–H groups in total. The molecule has 0 aromatic heterocycles. The normalized spacial score (nSPS) is 21.2. The van der Waals surface area contributed by atoms with E-state index in [0.29, 0.717) is 0 Å². The second kappa shape index (κ2) is 10.7. The van der Waals surface area contributed by atoms with Gasteiger partial charge in [-0.2, -0.15) is 0 Å². The largest absolute Gasteiger partial charge is 0.314 e. The Morgan fingerprint density at radius 3 is 2.42 bits per heavy atom. The predicted molar refractivity (Wildman–Crippen MR) is 85.7 cm³/mol. The van der Waals surface area contributed by atoms with E-state index in [9.17, 15) is 0 Å². The minimum Gasteiger partial charge on any atom is -0.314 e. The Hall–Kier alpha value is -0.0800. The maximum Gasteiger partial charge on any atom is 0.0223 e. The average molecular weight is 268 g/mol. The van der Waals surface area contributed by atoms with Crippen LogP contribution in [0.3, 0.4) is 0 Å². The first-order chi connectivity index (χ1) is 9.24. The highest BCUT2D eigenvalue weighted by atomic mass is 15.2. The third kappa shape index (κ3) is 7.94. The molecule has 1 atom stereocenters. The zero-order valence-electron chi connectivity index (χ0n) is 13.6. The lowest BCUT2D eigenvalue weighted by atomic mass is 10.0. The fourth-order valence-electron chi connectivity index (χ4n) is 3.15. The number of nitrogens with one attached hydrogen (secondary N) is 1. The molecule has 114 valence electrons. The molecule has 0 spiro atoms. The number of unbranched alkanes of at least 4 members (excludes halogenated alkanes) is 6. The van der Waals surface area contributed by atoms with E-state index < -0.39 is 0 Å². The van der Waals surface area contributed by atoms with Gasteiger partial charge in [0, 0.05) is 25.7 Å². The van der Waals surface area contributed by atoms with E-state index in [1.165, 1.54) is 77.5 Å². The molecule has 19 heavy (non-hydrogen) atoms. The topological polar surface area (TPSA) is 15.3 Å². The zero-order valence-corrected chi connectivity index (χ0v) is 13.6. The summed E-state index contributed by atoms with van der Waals surface area (Å²) in [5, 5.41) is 3.55. The smallest absolute Gasteiger partial charge is 0.0223 e. The Balaban J connectivity index is 2.08. The summed E-state index contributed by atoms with van der Waals surface area (Å²) in [4.78, 5) is 2.74. The molecule has 1 rings (SSSR count).